The molecule has 0 bridgehead atoms. The summed E-state index contributed by atoms with van der Waals surface area (Å²) in [5.41, 5.74) is 0. The Bertz CT molecular complexity index is 272. The predicted octanol–water partition coefficient (Wildman–Crippen LogP) is -0.657. The van der Waals surface area contributed by atoms with E-state index in [0.29, 0.717) is 6.54 Å². The van der Waals surface area contributed by atoms with Crippen molar-refractivity contribution in [1.29, 1.82) is 0 Å². The van der Waals surface area contributed by atoms with Crippen LogP contribution in [0.5, 0.6) is 0 Å². The molecule has 96 valence electrons. The molecule has 0 spiro atoms. The van der Waals surface area contributed by atoms with Gasteiger partial charge in [-0.1, -0.05) is 0 Å². The number of ether oxygens (including phenoxy) is 1. The van der Waals surface area contributed by atoms with Crippen LogP contribution in [0.1, 0.15) is 6.42 Å². The van der Waals surface area contributed by atoms with Crippen LogP contribution in [0.2, 0.25) is 0 Å². The van der Waals surface area contributed by atoms with Crippen LogP contribution in [0.3, 0.4) is 0 Å². The molecule has 1 N–H and O–H groups in total. The van der Waals surface area contributed by atoms with Crippen LogP contribution in [-0.4, -0.2) is 71.3 Å². The van der Waals surface area contributed by atoms with Gasteiger partial charge in [0.2, 0.25) is 0 Å². The van der Waals surface area contributed by atoms with E-state index in [1.165, 1.54) is 6.26 Å². The van der Waals surface area contributed by atoms with Crippen molar-refractivity contribution < 1.29 is 13.2 Å². The summed E-state index contributed by atoms with van der Waals surface area (Å²) in [5, 5.41) is 3.15. The van der Waals surface area contributed by atoms with Crippen LogP contribution in [0, 0.1) is 0 Å². The van der Waals surface area contributed by atoms with Gasteiger partial charge in [0.15, 0.2) is 0 Å². The smallest absolute Gasteiger partial charge is 0.148 e. The fraction of sp³-hybridized carbons (Fsp3) is 1.00. The minimum atomic E-state index is -2.83. The summed E-state index contributed by atoms with van der Waals surface area (Å²) in [6.07, 6.45) is 2.35. The number of hydrogen-bond donors (Lipinski definition) is 1. The Balaban J connectivity index is 2.01. The molecule has 0 saturated carbocycles. The second-order valence-corrected chi connectivity index (χ2v) is 6.45. The topological polar surface area (TPSA) is 58.6 Å². The van der Waals surface area contributed by atoms with E-state index < -0.39 is 9.84 Å². The van der Waals surface area contributed by atoms with Gasteiger partial charge in [-0.25, -0.2) is 8.42 Å². The lowest BCUT2D eigenvalue weighted by molar-refractivity contribution is 0.141. The molecule has 0 aromatic carbocycles. The van der Waals surface area contributed by atoms with E-state index in [1.807, 2.05) is 0 Å². The molecule has 6 heteroatoms. The van der Waals surface area contributed by atoms with E-state index in [2.05, 4.69) is 10.2 Å². The molecule has 5 nitrogen and oxygen atoms in total. The highest BCUT2D eigenvalue weighted by Gasteiger charge is 2.08. The van der Waals surface area contributed by atoms with Gasteiger partial charge in [-0.05, 0) is 6.42 Å². The van der Waals surface area contributed by atoms with Crippen LogP contribution in [-0.2, 0) is 14.6 Å². The monoisotopic (exact) mass is 250 g/mol. The van der Waals surface area contributed by atoms with Gasteiger partial charge in [0.25, 0.3) is 0 Å². The van der Waals surface area contributed by atoms with Crippen LogP contribution in [0.25, 0.3) is 0 Å². The maximum atomic E-state index is 10.9. The van der Waals surface area contributed by atoms with Crippen molar-refractivity contribution in [2.45, 2.75) is 6.42 Å². The number of rotatable bonds is 6. The molecular weight excluding hydrogens is 228 g/mol. The van der Waals surface area contributed by atoms with Crippen LogP contribution >= 0.6 is 0 Å². The Morgan fingerprint density at radius 1 is 1.25 bits per heavy atom. The summed E-state index contributed by atoms with van der Waals surface area (Å²) in [4.78, 5) is 2.35. The average molecular weight is 250 g/mol. The molecular formula is C10H22N2O3S. The molecule has 1 rings (SSSR count). The quantitative estimate of drug-likeness (QED) is 0.634. The molecule has 0 radical (unpaired) electrons. The van der Waals surface area contributed by atoms with Gasteiger partial charge in [0.05, 0.1) is 12.4 Å². The SMILES string of the molecule is CS(=O)(=O)CCNCCN1CCCOCC1. The van der Waals surface area contributed by atoms with E-state index in [-0.39, 0.29) is 5.75 Å². The Hall–Kier alpha value is -0.170. The minimum Gasteiger partial charge on any atom is -0.380 e. The Kier molecular flexibility index (Phi) is 6.26. The van der Waals surface area contributed by atoms with Crippen LogP contribution in [0.4, 0.5) is 0 Å². The molecule has 0 aliphatic carbocycles. The van der Waals surface area contributed by atoms with Crippen molar-refractivity contribution in [1.82, 2.24) is 10.2 Å². The maximum Gasteiger partial charge on any atom is 0.148 e. The fourth-order valence-corrected chi connectivity index (χ4v) is 2.16. The van der Waals surface area contributed by atoms with Crippen molar-refractivity contribution in [2.75, 3.05) is 57.9 Å². The second-order valence-electron chi connectivity index (χ2n) is 4.19. The fourth-order valence-electron chi connectivity index (χ4n) is 1.64. The molecule has 0 amide bonds. The Morgan fingerprint density at radius 3 is 2.81 bits per heavy atom. The lowest BCUT2D eigenvalue weighted by Gasteiger charge is -2.18. The minimum absolute atomic E-state index is 0.218. The molecule has 0 atom stereocenters. The van der Waals surface area contributed by atoms with Crippen molar-refractivity contribution in [3.8, 4) is 0 Å². The highest BCUT2D eigenvalue weighted by atomic mass is 32.2. The van der Waals surface area contributed by atoms with Gasteiger partial charge in [-0.15, -0.1) is 0 Å². The summed E-state index contributed by atoms with van der Waals surface area (Å²) in [7, 11) is -2.83. The number of nitrogens with one attached hydrogen (secondary N) is 1. The van der Waals surface area contributed by atoms with E-state index in [4.69, 9.17) is 4.74 Å². The molecule has 1 saturated heterocycles. The summed E-state index contributed by atoms with van der Waals surface area (Å²) in [6.45, 7) is 6.08. The van der Waals surface area contributed by atoms with Gasteiger partial charge in [-0.3, -0.25) is 4.90 Å². The first kappa shape index (κ1) is 13.9. The van der Waals surface area contributed by atoms with Crippen LogP contribution in [0.15, 0.2) is 0 Å². The highest BCUT2D eigenvalue weighted by molar-refractivity contribution is 7.90. The lowest BCUT2D eigenvalue weighted by Crippen LogP contribution is -2.35. The molecule has 0 unspecified atom stereocenters. The van der Waals surface area contributed by atoms with Crippen molar-refractivity contribution in [3.05, 3.63) is 0 Å². The van der Waals surface area contributed by atoms with Gasteiger partial charge in [0, 0.05) is 45.6 Å². The predicted molar refractivity (Wildman–Crippen MR) is 64.5 cm³/mol. The van der Waals surface area contributed by atoms with Crippen molar-refractivity contribution >= 4 is 9.84 Å². The standard InChI is InChI=1S/C10H22N2O3S/c1-16(13,14)10-4-11-3-6-12-5-2-8-15-9-7-12/h11H,2-10H2,1H3. The van der Waals surface area contributed by atoms with Gasteiger partial charge in [0.1, 0.15) is 9.84 Å². The average Bonchev–Trinajstić information content (AvgIpc) is 2.44. The first-order valence-corrected chi connectivity index (χ1v) is 7.82. The molecule has 1 aliphatic rings. The zero-order valence-corrected chi connectivity index (χ0v) is 10.8. The number of nitrogens with zero attached hydrogens (tertiary/aromatic N) is 1. The molecule has 1 heterocycles. The van der Waals surface area contributed by atoms with E-state index in [1.54, 1.807) is 0 Å². The summed E-state index contributed by atoms with van der Waals surface area (Å²) >= 11 is 0. The zero-order valence-electron chi connectivity index (χ0n) is 9.94. The third-order valence-corrected chi connectivity index (χ3v) is 3.52. The first-order chi connectivity index (χ1) is 7.58. The van der Waals surface area contributed by atoms with Gasteiger partial charge < -0.3 is 10.1 Å². The van der Waals surface area contributed by atoms with Gasteiger partial charge in [-0.2, -0.15) is 0 Å². The lowest BCUT2D eigenvalue weighted by atomic mass is 10.4. The molecule has 1 fully saturated rings. The maximum absolute atomic E-state index is 10.9. The van der Waals surface area contributed by atoms with Crippen molar-refractivity contribution in [2.24, 2.45) is 0 Å². The Morgan fingerprint density at radius 2 is 2.06 bits per heavy atom. The molecule has 16 heavy (non-hydrogen) atoms. The van der Waals surface area contributed by atoms with E-state index in [9.17, 15) is 8.42 Å². The van der Waals surface area contributed by atoms with E-state index >= 15 is 0 Å². The summed E-state index contributed by atoms with van der Waals surface area (Å²) in [6, 6.07) is 0. The number of hydrogen-bond acceptors (Lipinski definition) is 5. The highest BCUT2D eigenvalue weighted by Crippen LogP contribution is 1.97. The second kappa shape index (κ2) is 7.21. The first-order valence-electron chi connectivity index (χ1n) is 5.76. The molecule has 1 aliphatic heterocycles. The third-order valence-electron chi connectivity index (χ3n) is 2.57. The zero-order chi connectivity index (χ0) is 11.9. The third kappa shape index (κ3) is 7.16. The van der Waals surface area contributed by atoms with Crippen LogP contribution < -0.4 is 5.32 Å². The van der Waals surface area contributed by atoms with Gasteiger partial charge >= 0.3 is 0 Å². The van der Waals surface area contributed by atoms with E-state index in [0.717, 1.165) is 45.8 Å². The Labute approximate surface area is 98.1 Å². The summed E-state index contributed by atoms with van der Waals surface area (Å²) < 4.78 is 27.1. The van der Waals surface area contributed by atoms with Crippen molar-refractivity contribution in [3.63, 3.8) is 0 Å². The molecule has 0 aromatic heterocycles. The summed E-state index contributed by atoms with van der Waals surface area (Å²) in [5.74, 6) is 0.218. The largest absolute Gasteiger partial charge is 0.380 e. The normalized spacial score (nSPS) is 19.6. The number of sulfone groups is 1. The molecule has 0 aromatic rings.